The largest absolute Gasteiger partial charge is 0.497 e. The molecule has 0 fully saturated rings. The molecule has 0 aliphatic heterocycles. The molecule has 210 valence electrons. The van der Waals surface area contributed by atoms with Gasteiger partial charge in [-0.25, -0.2) is 13.4 Å². The van der Waals surface area contributed by atoms with Gasteiger partial charge in [-0.15, -0.1) is 0 Å². The fourth-order valence-corrected chi connectivity index (χ4v) is 5.35. The van der Waals surface area contributed by atoms with E-state index in [0.717, 1.165) is 21.1 Å². The van der Waals surface area contributed by atoms with E-state index < -0.39 is 22.5 Å². The molecule has 0 unspecified atom stereocenters. The van der Waals surface area contributed by atoms with Crippen LogP contribution in [0.4, 0.5) is 5.95 Å². The van der Waals surface area contributed by atoms with Crippen LogP contribution >= 0.6 is 0 Å². The molecule has 1 amide bonds. The van der Waals surface area contributed by atoms with Crippen molar-refractivity contribution in [3.63, 3.8) is 0 Å². The number of aryl methyl sites for hydroxylation is 1. The van der Waals surface area contributed by atoms with Crippen molar-refractivity contribution >= 4 is 21.9 Å². The van der Waals surface area contributed by atoms with Crippen LogP contribution in [0.3, 0.4) is 0 Å². The molecule has 40 heavy (non-hydrogen) atoms. The van der Waals surface area contributed by atoms with Crippen molar-refractivity contribution in [3.05, 3.63) is 84.6 Å². The second-order valence-corrected chi connectivity index (χ2v) is 10.9. The number of methoxy groups -OCH3 is 3. The predicted octanol–water partition coefficient (Wildman–Crippen LogP) is 4.14. The van der Waals surface area contributed by atoms with E-state index >= 15 is 0 Å². The third-order valence-corrected chi connectivity index (χ3v) is 8.08. The van der Waals surface area contributed by atoms with Gasteiger partial charge in [0.1, 0.15) is 11.5 Å². The number of anilines is 1. The van der Waals surface area contributed by atoms with E-state index in [2.05, 4.69) is 10.3 Å². The second-order valence-electron chi connectivity index (χ2n) is 8.94. The van der Waals surface area contributed by atoms with Gasteiger partial charge < -0.3 is 14.2 Å². The first-order chi connectivity index (χ1) is 19.2. The average Bonchev–Trinajstić information content (AvgIpc) is 3.39. The summed E-state index contributed by atoms with van der Waals surface area (Å²) in [6, 6.07) is 21.2. The number of sulfonamides is 1. The van der Waals surface area contributed by atoms with Crippen LogP contribution in [0, 0.1) is 6.92 Å². The van der Waals surface area contributed by atoms with Crippen molar-refractivity contribution in [2.75, 3.05) is 46.3 Å². The maximum Gasteiger partial charge on any atom is 0.243 e. The van der Waals surface area contributed by atoms with E-state index in [1.54, 1.807) is 23.8 Å². The fourth-order valence-electron chi connectivity index (χ4n) is 3.97. The number of ether oxygens (including phenoxy) is 3. The maximum absolute atomic E-state index is 13.4. The Morgan fingerprint density at radius 2 is 1.50 bits per heavy atom. The number of benzene rings is 3. The van der Waals surface area contributed by atoms with Crippen LogP contribution in [0.15, 0.2) is 83.9 Å². The highest BCUT2D eigenvalue weighted by molar-refractivity contribution is 7.89. The number of imidazole rings is 1. The lowest BCUT2D eigenvalue weighted by molar-refractivity contribution is -0.116. The van der Waals surface area contributed by atoms with Crippen molar-refractivity contribution < 1.29 is 27.4 Å². The molecule has 4 aromatic rings. The highest BCUT2D eigenvalue weighted by Gasteiger charge is 2.27. The zero-order chi connectivity index (χ0) is 28.7. The Bertz CT molecular complexity index is 1530. The highest BCUT2D eigenvalue weighted by atomic mass is 32.2. The summed E-state index contributed by atoms with van der Waals surface area (Å²) in [6.45, 7) is 1.65. The molecule has 4 rings (SSSR count). The fraction of sp³-hybridized carbons (Fsp3) is 0.241. The Labute approximate surface area is 234 Å². The van der Waals surface area contributed by atoms with Gasteiger partial charge in [0.05, 0.1) is 38.0 Å². The molecular weight excluding hydrogens is 532 g/mol. The lowest BCUT2D eigenvalue weighted by Gasteiger charge is -2.21. The van der Waals surface area contributed by atoms with Crippen LogP contribution in [0.2, 0.25) is 0 Å². The van der Waals surface area contributed by atoms with E-state index in [0.29, 0.717) is 17.2 Å². The first kappa shape index (κ1) is 28.8. The number of hydrogen-bond acceptors (Lipinski definition) is 7. The van der Waals surface area contributed by atoms with Gasteiger partial charge in [-0.2, -0.15) is 4.31 Å². The molecule has 10 nitrogen and oxygen atoms in total. The monoisotopic (exact) mass is 564 g/mol. The molecule has 1 aromatic heterocycles. The molecule has 0 radical (unpaired) electrons. The lowest BCUT2D eigenvalue weighted by Crippen LogP contribution is -2.40. The number of hydrogen-bond donors (Lipinski definition) is 1. The van der Waals surface area contributed by atoms with E-state index in [1.807, 2.05) is 61.7 Å². The zero-order valence-electron chi connectivity index (χ0n) is 22.8. The quantitative estimate of drug-likeness (QED) is 0.275. The Kier molecular flexibility index (Phi) is 9.20. The Balaban J connectivity index is 1.63. The van der Waals surface area contributed by atoms with Crippen LogP contribution in [0.5, 0.6) is 11.5 Å². The van der Waals surface area contributed by atoms with Crippen LogP contribution < -0.4 is 14.8 Å². The van der Waals surface area contributed by atoms with Crippen LogP contribution in [-0.2, 0) is 19.6 Å². The number of amides is 1. The number of aromatic nitrogens is 2. The molecule has 0 bridgehead atoms. The summed E-state index contributed by atoms with van der Waals surface area (Å²) >= 11 is 0. The van der Waals surface area contributed by atoms with Crippen LogP contribution in [0.1, 0.15) is 5.56 Å². The van der Waals surface area contributed by atoms with Gasteiger partial charge in [0, 0.05) is 31.1 Å². The summed E-state index contributed by atoms with van der Waals surface area (Å²) < 4.78 is 45.1. The van der Waals surface area contributed by atoms with Gasteiger partial charge in [-0.05, 0) is 67.6 Å². The minimum absolute atomic E-state index is 0.0121. The number of nitrogens with one attached hydrogen (secondary N) is 1. The Morgan fingerprint density at radius 1 is 0.900 bits per heavy atom. The zero-order valence-corrected chi connectivity index (χ0v) is 23.6. The number of carbonyl (C=O) groups excluding carboxylic acids is 1. The van der Waals surface area contributed by atoms with E-state index in [1.165, 1.54) is 26.4 Å². The van der Waals surface area contributed by atoms with Gasteiger partial charge in [0.25, 0.3) is 0 Å². The van der Waals surface area contributed by atoms with Crippen LogP contribution in [0.25, 0.3) is 16.9 Å². The number of carbonyl (C=O) groups is 1. The molecule has 0 atom stereocenters. The molecule has 0 saturated carbocycles. The standard InChI is InChI=1S/C29H32N4O6S/c1-21-5-9-23(10-6-21)33-19-27(22-7-11-24(38-3)12-8-22)30-29(33)31-28(34)20-32(17-18-37-2)40(35,36)26-15-13-25(39-4)14-16-26/h5-16,19H,17-18,20H2,1-4H3,(H,30,31,34). The molecule has 0 aliphatic carbocycles. The molecule has 3 aromatic carbocycles. The number of nitrogens with zero attached hydrogens (tertiary/aromatic N) is 3. The van der Waals surface area contributed by atoms with Crippen molar-refractivity contribution in [2.45, 2.75) is 11.8 Å². The van der Waals surface area contributed by atoms with Crippen LogP contribution in [-0.4, -0.2) is 69.2 Å². The predicted molar refractivity (Wildman–Crippen MR) is 153 cm³/mol. The van der Waals surface area contributed by atoms with Gasteiger partial charge in [-0.3, -0.25) is 14.7 Å². The topological polar surface area (TPSA) is 112 Å². The molecule has 0 saturated heterocycles. The van der Waals surface area contributed by atoms with E-state index in [-0.39, 0.29) is 24.0 Å². The first-order valence-electron chi connectivity index (χ1n) is 12.5. The van der Waals surface area contributed by atoms with Gasteiger partial charge in [0.15, 0.2) is 0 Å². The van der Waals surface area contributed by atoms with Crippen molar-refractivity contribution in [3.8, 4) is 28.4 Å². The molecule has 0 spiro atoms. The smallest absolute Gasteiger partial charge is 0.243 e. The molecule has 0 aliphatic rings. The normalized spacial score (nSPS) is 11.4. The summed E-state index contributed by atoms with van der Waals surface area (Å²) in [4.78, 5) is 18.0. The average molecular weight is 565 g/mol. The van der Waals surface area contributed by atoms with Crippen molar-refractivity contribution in [2.24, 2.45) is 0 Å². The summed E-state index contributed by atoms with van der Waals surface area (Å²) in [5, 5.41) is 2.81. The summed E-state index contributed by atoms with van der Waals surface area (Å²) in [7, 11) is 0.566. The van der Waals surface area contributed by atoms with E-state index in [4.69, 9.17) is 14.2 Å². The third-order valence-electron chi connectivity index (χ3n) is 6.22. The van der Waals surface area contributed by atoms with Gasteiger partial charge in [0.2, 0.25) is 21.9 Å². The second kappa shape index (κ2) is 12.8. The molecule has 11 heteroatoms. The lowest BCUT2D eigenvalue weighted by atomic mass is 10.1. The Hall–Kier alpha value is -4.19. The van der Waals surface area contributed by atoms with E-state index in [9.17, 15) is 13.2 Å². The van der Waals surface area contributed by atoms with Gasteiger partial charge >= 0.3 is 0 Å². The third kappa shape index (κ3) is 6.68. The summed E-state index contributed by atoms with van der Waals surface area (Å²) in [5.41, 5.74) is 3.32. The summed E-state index contributed by atoms with van der Waals surface area (Å²) in [6.07, 6.45) is 1.82. The molecule has 1 N–H and O–H groups in total. The SMILES string of the molecule is COCCN(CC(=O)Nc1nc(-c2ccc(OC)cc2)cn1-c1ccc(C)cc1)S(=O)(=O)c1ccc(OC)cc1. The first-order valence-corrected chi connectivity index (χ1v) is 13.9. The van der Waals surface area contributed by atoms with Crippen molar-refractivity contribution in [1.82, 2.24) is 13.9 Å². The van der Waals surface area contributed by atoms with Crippen molar-refractivity contribution in [1.29, 1.82) is 0 Å². The van der Waals surface area contributed by atoms with Gasteiger partial charge in [-0.1, -0.05) is 17.7 Å². The molecule has 1 heterocycles. The minimum Gasteiger partial charge on any atom is -0.497 e. The highest BCUT2D eigenvalue weighted by Crippen LogP contribution is 2.26. The number of rotatable bonds is 12. The Morgan fingerprint density at radius 3 is 2.08 bits per heavy atom. The summed E-state index contributed by atoms with van der Waals surface area (Å²) in [5.74, 6) is 0.946. The molecular formula is C29H32N4O6S. The maximum atomic E-state index is 13.4. The minimum atomic E-state index is -4.00.